The second-order valence-corrected chi connectivity index (χ2v) is 8.10. The molecular formula is C17H22ClN3O2S. The van der Waals surface area contributed by atoms with Crippen LogP contribution in [0, 0.1) is 0 Å². The normalized spacial score (nSPS) is 18.8. The monoisotopic (exact) mass is 367 g/mol. The van der Waals surface area contributed by atoms with Crippen molar-refractivity contribution in [3.63, 3.8) is 0 Å². The fraction of sp³-hybridized carbons (Fsp3) is 0.412. The Morgan fingerprint density at radius 3 is 2.42 bits per heavy atom. The van der Waals surface area contributed by atoms with Gasteiger partial charge in [0.05, 0.1) is 6.04 Å². The van der Waals surface area contributed by atoms with Gasteiger partial charge in [-0.05, 0) is 29.8 Å². The fourth-order valence-electron chi connectivity index (χ4n) is 3.29. The van der Waals surface area contributed by atoms with Crippen molar-refractivity contribution in [1.82, 2.24) is 13.2 Å². The Labute approximate surface area is 148 Å². The number of halogens is 1. The molecule has 1 aliphatic rings. The Morgan fingerprint density at radius 2 is 1.79 bits per heavy atom. The molecule has 2 aromatic rings. The number of hydrogen-bond acceptors (Lipinski definition) is 2. The minimum absolute atomic E-state index is 0.336. The van der Waals surface area contributed by atoms with E-state index < -0.39 is 10.2 Å². The molecule has 0 N–H and O–H groups in total. The van der Waals surface area contributed by atoms with Gasteiger partial charge < -0.3 is 4.57 Å². The molecule has 1 aromatic carbocycles. The van der Waals surface area contributed by atoms with Crippen molar-refractivity contribution in [3.05, 3.63) is 58.9 Å². The highest BCUT2D eigenvalue weighted by molar-refractivity contribution is 7.86. The quantitative estimate of drug-likeness (QED) is 0.815. The molecule has 0 radical (unpaired) electrons. The summed E-state index contributed by atoms with van der Waals surface area (Å²) in [5.74, 6) is 0. The maximum absolute atomic E-state index is 13.1. The molecule has 0 fully saturated rings. The van der Waals surface area contributed by atoms with E-state index >= 15 is 0 Å². The first-order valence-corrected chi connectivity index (χ1v) is 9.94. The largest absolute Gasteiger partial charge is 0.348 e. The molecule has 3 rings (SSSR count). The summed E-state index contributed by atoms with van der Waals surface area (Å²) >= 11 is 6.01. The lowest BCUT2D eigenvalue weighted by atomic mass is 10.0. The van der Waals surface area contributed by atoms with Crippen molar-refractivity contribution in [2.75, 3.05) is 19.6 Å². The molecule has 24 heavy (non-hydrogen) atoms. The van der Waals surface area contributed by atoms with Crippen molar-refractivity contribution in [2.45, 2.75) is 26.4 Å². The Kier molecular flexibility index (Phi) is 5.01. The number of hydrogen-bond donors (Lipinski definition) is 0. The molecule has 1 aliphatic heterocycles. The van der Waals surface area contributed by atoms with Crippen LogP contribution in [0.4, 0.5) is 0 Å². The van der Waals surface area contributed by atoms with Gasteiger partial charge in [-0.2, -0.15) is 17.0 Å². The van der Waals surface area contributed by atoms with Gasteiger partial charge in [0, 0.05) is 43.1 Å². The molecule has 130 valence electrons. The van der Waals surface area contributed by atoms with Crippen molar-refractivity contribution in [3.8, 4) is 0 Å². The summed E-state index contributed by atoms with van der Waals surface area (Å²) in [6.07, 6.45) is 2.00. The maximum Gasteiger partial charge on any atom is 0.282 e. The Morgan fingerprint density at radius 1 is 1.12 bits per heavy atom. The zero-order chi connectivity index (χ0) is 17.3. The van der Waals surface area contributed by atoms with Crippen molar-refractivity contribution >= 4 is 21.8 Å². The van der Waals surface area contributed by atoms with E-state index in [2.05, 4.69) is 4.57 Å². The summed E-state index contributed by atoms with van der Waals surface area (Å²) in [7, 11) is -3.53. The highest BCUT2D eigenvalue weighted by Gasteiger charge is 2.38. The van der Waals surface area contributed by atoms with Gasteiger partial charge in [0.25, 0.3) is 10.2 Å². The van der Waals surface area contributed by atoms with Crippen LogP contribution in [0.1, 0.15) is 31.1 Å². The average molecular weight is 368 g/mol. The van der Waals surface area contributed by atoms with E-state index in [0.29, 0.717) is 31.2 Å². The molecule has 0 spiro atoms. The summed E-state index contributed by atoms with van der Waals surface area (Å²) in [4.78, 5) is 0. The lowest BCUT2D eigenvalue weighted by molar-refractivity contribution is 0.271. The predicted octanol–water partition coefficient (Wildman–Crippen LogP) is 3.13. The topological polar surface area (TPSA) is 45.6 Å². The van der Waals surface area contributed by atoms with Gasteiger partial charge in [0.1, 0.15) is 0 Å². The Balaban J connectivity index is 2.10. The maximum atomic E-state index is 13.1. The molecule has 1 aromatic heterocycles. The van der Waals surface area contributed by atoms with E-state index in [1.54, 1.807) is 16.4 Å². The standard InChI is InChI=1S/C17H22ClN3O2S/c1-3-20(4-2)24(22,23)21-13-12-19-11-5-6-16(19)17(21)14-7-9-15(18)10-8-14/h5-11,17H,3-4,12-13H2,1-2H3. The van der Waals surface area contributed by atoms with Gasteiger partial charge in [0.2, 0.25) is 0 Å². The van der Waals surface area contributed by atoms with Gasteiger partial charge in [-0.25, -0.2) is 0 Å². The third-order valence-electron chi connectivity index (χ3n) is 4.51. The molecular weight excluding hydrogens is 346 g/mol. The van der Waals surface area contributed by atoms with Crippen molar-refractivity contribution in [2.24, 2.45) is 0 Å². The molecule has 0 aliphatic carbocycles. The number of rotatable bonds is 5. The second-order valence-electron chi connectivity index (χ2n) is 5.78. The minimum Gasteiger partial charge on any atom is -0.348 e. The minimum atomic E-state index is -3.53. The van der Waals surface area contributed by atoms with Crippen molar-refractivity contribution in [1.29, 1.82) is 0 Å². The van der Waals surface area contributed by atoms with Crippen molar-refractivity contribution < 1.29 is 8.42 Å². The average Bonchev–Trinajstić information content (AvgIpc) is 3.04. The lowest BCUT2D eigenvalue weighted by Crippen LogP contribution is -2.49. The Bertz CT molecular complexity index is 797. The van der Waals surface area contributed by atoms with Crippen LogP contribution in [0.3, 0.4) is 0 Å². The first-order valence-electron chi connectivity index (χ1n) is 8.16. The first kappa shape index (κ1) is 17.5. The molecule has 0 amide bonds. The van der Waals surface area contributed by atoms with E-state index in [0.717, 1.165) is 11.3 Å². The van der Waals surface area contributed by atoms with E-state index in [1.807, 2.05) is 44.3 Å². The molecule has 0 saturated carbocycles. The highest BCUT2D eigenvalue weighted by atomic mass is 35.5. The highest BCUT2D eigenvalue weighted by Crippen LogP contribution is 2.35. The van der Waals surface area contributed by atoms with Gasteiger partial charge >= 0.3 is 0 Å². The fourth-order valence-corrected chi connectivity index (χ4v) is 5.17. The zero-order valence-corrected chi connectivity index (χ0v) is 15.5. The van der Waals surface area contributed by atoms with Crippen LogP contribution in [0.25, 0.3) is 0 Å². The molecule has 0 saturated heterocycles. The Hall–Kier alpha value is -1.34. The second kappa shape index (κ2) is 6.88. The van der Waals surface area contributed by atoms with Gasteiger partial charge in [-0.15, -0.1) is 0 Å². The van der Waals surface area contributed by atoms with Gasteiger partial charge in [-0.3, -0.25) is 0 Å². The van der Waals surface area contributed by atoms with Gasteiger partial charge in [-0.1, -0.05) is 37.6 Å². The predicted molar refractivity (Wildman–Crippen MR) is 96.3 cm³/mol. The van der Waals surface area contributed by atoms with Crippen LogP contribution in [0.5, 0.6) is 0 Å². The molecule has 2 heterocycles. The van der Waals surface area contributed by atoms with E-state index in [9.17, 15) is 8.42 Å². The van der Waals surface area contributed by atoms with Crippen LogP contribution in [-0.4, -0.2) is 41.2 Å². The number of nitrogens with zero attached hydrogens (tertiary/aromatic N) is 3. The third kappa shape index (κ3) is 2.99. The van der Waals surface area contributed by atoms with E-state index in [1.165, 1.54) is 4.31 Å². The smallest absolute Gasteiger partial charge is 0.282 e. The van der Waals surface area contributed by atoms with E-state index in [-0.39, 0.29) is 6.04 Å². The summed E-state index contributed by atoms with van der Waals surface area (Å²) in [6, 6.07) is 11.0. The SMILES string of the molecule is CCN(CC)S(=O)(=O)N1CCn2cccc2C1c1ccc(Cl)cc1. The van der Waals surface area contributed by atoms with Gasteiger partial charge in [0.15, 0.2) is 0 Å². The lowest BCUT2D eigenvalue weighted by Gasteiger charge is -2.38. The van der Waals surface area contributed by atoms with Crippen LogP contribution in [0.2, 0.25) is 5.02 Å². The molecule has 0 bridgehead atoms. The molecule has 5 nitrogen and oxygen atoms in total. The summed E-state index contributed by atoms with van der Waals surface area (Å²) in [5, 5.41) is 0.642. The summed E-state index contributed by atoms with van der Waals surface area (Å²) < 4.78 is 31.5. The van der Waals surface area contributed by atoms with Crippen LogP contribution < -0.4 is 0 Å². The van der Waals surface area contributed by atoms with Crippen LogP contribution in [-0.2, 0) is 16.8 Å². The van der Waals surface area contributed by atoms with Crippen LogP contribution in [0.15, 0.2) is 42.6 Å². The zero-order valence-electron chi connectivity index (χ0n) is 13.9. The third-order valence-corrected chi connectivity index (χ3v) is 6.91. The number of aromatic nitrogens is 1. The summed E-state index contributed by atoms with van der Waals surface area (Å²) in [6.45, 7) is 5.77. The number of benzene rings is 1. The number of fused-ring (bicyclic) bond motifs is 1. The van der Waals surface area contributed by atoms with Crippen LogP contribution >= 0.6 is 11.6 Å². The van der Waals surface area contributed by atoms with E-state index in [4.69, 9.17) is 11.6 Å². The molecule has 1 unspecified atom stereocenters. The summed E-state index contributed by atoms with van der Waals surface area (Å²) in [5.41, 5.74) is 1.91. The molecule has 1 atom stereocenters. The molecule has 7 heteroatoms. The first-order chi connectivity index (χ1) is 11.5.